The van der Waals surface area contributed by atoms with Gasteiger partial charge in [0.2, 0.25) is 5.78 Å². The molecule has 0 saturated heterocycles. The zero-order valence-electron chi connectivity index (χ0n) is 16.0. The molecule has 1 N–H and O–H groups in total. The first kappa shape index (κ1) is 18.9. The van der Waals surface area contributed by atoms with E-state index in [1.165, 1.54) is 0 Å². The maximum atomic E-state index is 13.0. The van der Waals surface area contributed by atoms with Crippen molar-refractivity contribution in [2.24, 2.45) is 0 Å². The molecule has 4 aromatic rings. The monoisotopic (exact) mass is 386 g/mol. The van der Waals surface area contributed by atoms with Gasteiger partial charge in [0.25, 0.3) is 0 Å². The number of hydrogen-bond acceptors (Lipinski definition) is 4. The average molecular weight is 386 g/mol. The lowest BCUT2D eigenvalue weighted by atomic mass is 10.1. The topological polar surface area (TPSA) is 64.3 Å². The van der Waals surface area contributed by atoms with Crippen molar-refractivity contribution in [1.82, 2.24) is 9.55 Å². The number of rotatable bonds is 8. The fourth-order valence-corrected chi connectivity index (χ4v) is 3.26. The van der Waals surface area contributed by atoms with Crippen LogP contribution in [0.2, 0.25) is 0 Å². The predicted molar refractivity (Wildman–Crippen MR) is 112 cm³/mol. The first-order valence-electron chi connectivity index (χ1n) is 9.62. The number of benzene rings is 2. The molecule has 0 radical (unpaired) electrons. The third-order valence-corrected chi connectivity index (χ3v) is 4.75. The molecule has 4 rings (SSSR count). The number of hydrogen-bond donors (Lipinski definition) is 1. The molecule has 0 atom stereocenters. The molecule has 0 fully saturated rings. The lowest BCUT2D eigenvalue weighted by molar-refractivity contribution is 0.103. The van der Waals surface area contributed by atoms with Gasteiger partial charge in [-0.2, -0.15) is 0 Å². The van der Waals surface area contributed by atoms with E-state index < -0.39 is 0 Å². The quantitative estimate of drug-likeness (QED) is 0.366. The summed E-state index contributed by atoms with van der Waals surface area (Å²) in [5, 5.41) is 9.90. The molecule has 0 unspecified atom stereocenters. The van der Waals surface area contributed by atoms with E-state index in [-0.39, 0.29) is 12.4 Å². The second-order valence-corrected chi connectivity index (χ2v) is 6.84. The normalized spacial score (nSPS) is 10.9. The van der Waals surface area contributed by atoms with Crippen molar-refractivity contribution in [3.63, 3.8) is 0 Å². The number of fused-ring (bicyclic) bond motifs is 1. The number of pyridine rings is 1. The van der Waals surface area contributed by atoms with Crippen molar-refractivity contribution in [3.8, 4) is 5.75 Å². The summed E-state index contributed by atoms with van der Waals surface area (Å²) < 4.78 is 7.47. The van der Waals surface area contributed by atoms with Gasteiger partial charge in [0.1, 0.15) is 5.75 Å². The van der Waals surface area contributed by atoms with Gasteiger partial charge in [-0.3, -0.25) is 9.78 Å². The number of carbonyl (C=O) groups is 1. The highest BCUT2D eigenvalue weighted by Gasteiger charge is 2.14. The molecule has 0 aliphatic rings. The minimum atomic E-state index is -0.0364. The van der Waals surface area contributed by atoms with Crippen molar-refractivity contribution in [2.45, 2.75) is 13.0 Å². The number of aliphatic hydroxyl groups excluding tert-OH is 1. The first-order chi connectivity index (χ1) is 14.2. The molecule has 5 heteroatoms. The summed E-state index contributed by atoms with van der Waals surface area (Å²) in [7, 11) is 0. The summed E-state index contributed by atoms with van der Waals surface area (Å²) >= 11 is 0. The van der Waals surface area contributed by atoms with Crippen molar-refractivity contribution in [1.29, 1.82) is 0 Å². The summed E-state index contributed by atoms with van der Waals surface area (Å²) in [6.45, 7) is 1.13. The van der Waals surface area contributed by atoms with Crippen LogP contribution in [0, 0.1) is 0 Å². The Morgan fingerprint density at radius 1 is 1.03 bits per heavy atom. The van der Waals surface area contributed by atoms with E-state index in [1.807, 2.05) is 53.4 Å². The van der Waals surface area contributed by atoms with Gasteiger partial charge in [-0.05, 0) is 54.1 Å². The van der Waals surface area contributed by atoms with Crippen LogP contribution in [0.5, 0.6) is 5.75 Å². The maximum Gasteiger partial charge on any atom is 0.209 e. The van der Waals surface area contributed by atoms with E-state index in [9.17, 15) is 4.79 Å². The lowest BCUT2D eigenvalue weighted by Crippen LogP contribution is -2.11. The van der Waals surface area contributed by atoms with Crippen LogP contribution in [0.15, 0.2) is 79.1 Å². The van der Waals surface area contributed by atoms with Crippen LogP contribution < -0.4 is 4.74 Å². The van der Waals surface area contributed by atoms with Gasteiger partial charge >= 0.3 is 0 Å². The van der Waals surface area contributed by atoms with Crippen molar-refractivity contribution in [2.75, 3.05) is 13.2 Å². The van der Waals surface area contributed by atoms with Crippen LogP contribution in [0.25, 0.3) is 10.9 Å². The molecule has 146 valence electrons. The van der Waals surface area contributed by atoms with E-state index in [0.29, 0.717) is 36.6 Å². The number of ketones is 1. The Balaban J connectivity index is 1.51. The molecule has 2 heterocycles. The van der Waals surface area contributed by atoms with Crippen LogP contribution in [0.3, 0.4) is 0 Å². The zero-order chi connectivity index (χ0) is 20.1. The van der Waals surface area contributed by atoms with Gasteiger partial charge in [0.15, 0.2) is 0 Å². The SMILES string of the molecule is O=C(c1ccc(OCCCO)cc1)c1cccn1Cc1cnc2ccccc2c1. The molecule has 0 aliphatic heterocycles. The van der Waals surface area contributed by atoms with E-state index in [1.54, 1.807) is 24.3 Å². The minimum Gasteiger partial charge on any atom is -0.494 e. The van der Waals surface area contributed by atoms with Crippen LogP contribution in [-0.2, 0) is 6.54 Å². The van der Waals surface area contributed by atoms with E-state index in [4.69, 9.17) is 9.84 Å². The molecule has 0 amide bonds. The Labute approximate surface area is 169 Å². The van der Waals surface area contributed by atoms with Crippen LogP contribution in [0.1, 0.15) is 28.0 Å². The fraction of sp³-hybridized carbons (Fsp3) is 0.167. The molecule has 0 spiro atoms. The zero-order valence-corrected chi connectivity index (χ0v) is 16.0. The van der Waals surface area contributed by atoms with Crippen LogP contribution >= 0.6 is 0 Å². The first-order valence-corrected chi connectivity index (χ1v) is 9.62. The third-order valence-electron chi connectivity index (χ3n) is 4.75. The molecule has 0 aliphatic carbocycles. The van der Waals surface area contributed by atoms with Gasteiger partial charge < -0.3 is 14.4 Å². The number of ether oxygens (including phenoxy) is 1. The van der Waals surface area contributed by atoms with E-state index >= 15 is 0 Å². The lowest BCUT2D eigenvalue weighted by Gasteiger charge is -2.10. The highest BCUT2D eigenvalue weighted by molar-refractivity contribution is 6.08. The highest BCUT2D eigenvalue weighted by Crippen LogP contribution is 2.18. The number of aromatic nitrogens is 2. The smallest absolute Gasteiger partial charge is 0.209 e. The second kappa shape index (κ2) is 8.71. The van der Waals surface area contributed by atoms with Gasteiger partial charge in [-0.25, -0.2) is 0 Å². The number of carbonyl (C=O) groups excluding carboxylic acids is 1. The van der Waals surface area contributed by atoms with Crippen LogP contribution in [-0.4, -0.2) is 33.7 Å². The summed E-state index contributed by atoms with van der Waals surface area (Å²) in [6.07, 6.45) is 4.35. The van der Waals surface area contributed by atoms with E-state index in [0.717, 1.165) is 16.5 Å². The van der Waals surface area contributed by atoms with Gasteiger partial charge in [0, 0.05) is 42.9 Å². The maximum absolute atomic E-state index is 13.0. The molecule has 0 bridgehead atoms. The minimum absolute atomic E-state index is 0.0364. The Morgan fingerprint density at radius 2 is 1.86 bits per heavy atom. The highest BCUT2D eigenvalue weighted by atomic mass is 16.5. The Bertz CT molecular complexity index is 1120. The molecule has 29 heavy (non-hydrogen) atoms. The van der Waals surface area contributed by atoms with Gasteiger partial charge in [-0.1, -0.05) is 18.2 Å². The Morgan fingerprint density at radius 3 is 2.69 bits per heavy atom. The van der Waals surface area contributed by atoms with Crippen LogP contribution in [0.4, 0.5) is 0 Å². The van der Waals surface area contributed by atoms with Crippen molar-refractivity contribution in [3.05, 3.63) is 95.9 Å². The number of nitrogens with zero attached hydrogens (tertiary/aromatic N) is 2. The summed E-state index contributed by atoms with van der Waals surface area (Å²) in [6, 6.07) is 20.9. The summed E-state index contributed by atoms with van der Waals surface area (Å²) in [5.41, 5.74) is 3.24. The summed E-state index contributed by atoms with van der Waals surface area (Å²) in [4.78, 5) is 17.5. The molecular formula is C24H22N2O3. The third kappa shape index (κ3) is 4.36. The van der Waals surface area contributed by atoms with Crippen molar-refractivity contribution < 1.29 is 14.6 Å². The number of aliphatic hydroxyl groups is 1. The van der Waals surface area contributed by atoms with E-state index in [2.05, 4.69) is 11.1 Å². The molecule has 5 nitrogen and oxygen atoms in total. The molecule has 2 aromatic heterocycles. The molecule has 0 saturated carbocycles. The standard InChI is InChI=1S/C24H22N2O3/c27-13-4-14-29-21-10-8-19(9-11-21)24(28)23-7-3-12-26(23)17-18-15-20-5-1-2-6-22(20)25-16-18/h1-3,5-12,15-16,27H,4,13-14,17H2. The second-order valence-electron chi connectivity index (χ2n) is 6.84. The predicted octanol–water partition coefficient (Wildman–Crippen LogP) is 4.08. The Kier molecular flexibility index (Phi) is 5.68. The fourth-order valence-electron chi connectivity index (χ4n) is 3.26. The van der Waals surface area contributed by atoms with Gasteiger partial charge in [0.05, 0.1) is 17.8 Å². The summed E-state index contributed by atoms with van der Waals surface area (Å²) in [5.74, 6) is 0.651. The number of para-hydroxylation sites is 1. The molecular weight excluding hydrogens is 364 g/mol. The molecule has 2 aromatic carbocycles. The van der Waals surface area contributed by atoms with Gasteiger partial charge in [-0.15, -0.1) is 0 Å². The Hall–Kier alpha value is -3.44. The average Bonchev–Trinajstić information content (AvgIpc) is 3.22. The van der Waals surface area contributed by atoms with Crippen molar-refractivity contribution >= 4 is 16.7 Å². The largest absolute Gasteiger partial charge is 0.494 e.